The number of nitrogens with zero attached hydrogens (tertiary/aromatic N) is 4. The molecule has 3 heterocycles. The van der Waals surface area contributed by atoms with Crippen LogP contribution in [-0.2, 0) is 13.5 Å². The van der Waals surface area contributed by atoms with E-state index in [4.69, 9.17) is 0 Å². The molecular formula is C16H23ClN6O. The zero-order valence-corrected chi connectivity index (χ0v) is 14.8. The Morgan fingerprint density at radius 2 is 2.08 bits per heavy atom. The van der Waals surface area contributed by atoms with Gasteiger partial charge in [0.2, 0.25) is 0 Å². The van der Waals surface area contributed by atoms with Crippen molar-refractivity contribution in [3.63, 3.8) is 0 Å². The number of aromatic nitrogens is 3. The average molecular weight is 351 g/mol. The Bertz CT molecular complexity index is 678. The van der Waals surface area contributed by atoms with Crippen molar-refractivity contribution in [2.24, 2.45) is 7.05 Å². The standard InChI is InChI=1S/C16H22N6O.ClH/c1-3-14-13(11-21(2)20-14)16(23)19-15-5-4-12(10-18-15)22-8-6-17-7-9-22;/h4-5,10-11,17H,3,6-9H2,1-2H3,(H,18,19,23);1H. The summed E-state index contributed by atoms with van der Waals surface area (Å²) in [6.07, 6.45) is 4.27. The zero-order chi connectivity index (χ0) is 16.2. The van der Waals surface area contributed by atoms with E-state index in [2.05, 4.69) is 25.6 Å². The molecule has 130 valence electrons. The van der Waals surface area contributed by atoms with E-state index in [1.54, 1.807) is 10.9 Å². The van der Waals surface area contributed by atoms with Crippen LogP contribution >= 0.6 is 12.4 Å². The maximum atomic E-state index is 12.4. The number of carbonyl (C=O) groups excluding carboxylic acids is 1. The van der Waals surface area contributed by atoms with Gasteiger partial charge in [-0.2, -0.15) is 5.10 Å². The summed E-state index contributed by atoms with van der Waals surface area (Å²) >= 11 is 0. The zero-order valence-electron chi connectivity index (χ0n) is 14.0. The van der Waals surface area contributed by atoms with Gasteiger partial charge in [-0.15, -0.1) is 12.4 Å². The Balaban J connectivity index is 0.00000208. The van der Waals surface area contributed by atoms with Crippen molar-refractivity contribution in [2.45, 2.75) is 13.3 Å². The monoisotopic (exact) mass is 350 g/mol. The molecule has 1 fully saturated rings. The van der Waals surface area contributed by atoms with E-state index in [0.29, 0.717) is 11.4 Å². The molecule has 1 aliphatic heterocycles. The van der Waals surface area contributed by atoms with Crippen LogP contribution in [0, 0.1) is 0 Å². The Labute approximate surface area is 147 Å². The number of halogens is 1. The number of carbonyl (C=O) groups is 1. The van der Waals surface area contributed by atoms with Crippen LogP contribution in [0.15, 0.2) is 24.5 Å². The van der Waals surface area contributed by atoms with Crippen LogP contribution in [0.1, 0.15) is 23.0 Å². The number of nitrogens with one attached hydrogen (secondary N) is 2. The fourth-order valence-corrected chi connectivity index (χ4v) is 2.74. The molecule has 0 aliphatic carbocycles. The maximum Gasteiger partial charge on any atom is 0.260 e. The second-order valence-electron chi connectivity index (χ2n) is 5.61. The molecule has 0 unspecified atom stereocenters. The van der Waals surface area contributed by atoms with Crippen LogP contribution in [0.2, 0.25) is 0 Å². The molecule has 3 rings (SSSR count). The van der Waals surface area contributed by atoms with Crippen LogP contribution < -0.4 is 15.5 Å². The van der Waals surface area contributed by atoms with E-state index in [1.165, 1.54) is 0 Å². The van der Waals surface area contributed by atoms with Gasteiger partial charge in [0.05, 0.1) is 23.1 Å². The molecule has 0 bridgehead atoms. The van der Waals surface area contributed by atoms with Gasteiger partial charge in [-0.25, -0.2) is 4.98 Å². The molecule has 0 saturated carbocycles. The molecule has 1 amide bonds. The minimum Gasteiger partial charge on any atom is -0.368 e. The van der Waals surface area contributed by atoms with Crippen molar-refractivity contribution in [1.82, 2.24) is 20.1 Å². The van der Waals surface area contributed by atoms with Crippen LogP contribution in [0.5, 0.6) is 0 Å². The summed E-state index contributed by atoms with van der Waals surface area (Å²) in [5.41, 5.74) is 2.48. The topological polar surface area (TPSA) is 75.1 Å². The molecule has 2 N–H and O–H groups in total. The molecule has 1 aliphatic rings. The fourth-order valence-electron chi connectivity index (χ4n) is 2.74. The first-order valence-corrected chi connectivity index (χ1v) is 7.93. The number of aryl methyl sites for hydroxylation is 2. The Hall–Kier alpha value is -2.12. The number of amides is 1. The van der Waals surface area contributed by atoms with Gasteiger partial charge in [-0.05, 0) is 18.6 Å². The van der Waals surface area contributed by atoms with Gasteiger partial charge in [0.25, 0.3) is 5.91 Å². The molecule has 24 heavy (non-hydrogen) atoms. The summed E-state index contributed by atoms with van der Waals surface area (Å²) in [6, 6.07) is 3.84. The third kappa shape index (κ3) is 4.04. The number of anilines is 2. The third-order valence-corrected chi connectivity index (χ3v) is 3.96. The van der Waals surface area contributed by atoms with Crippen LogP contribution in [-0.4, -0.2) is 46.9 Å². The van der Waals surface area contributed by atoms with Gasteiger partial charge in [0.15, 0.2) is 0 Å². The largest absolute Gasteiger partial charge is 0.368 e. The fraction of sp³-hybridized carbons (Fsp3) is 0.438. The third-order valence-electron chi connectivity index (χ3n) is 3.96. The van der Waals surface area contributed by atoms with Crippen LogP contribution in [0.3, 0.4) is 0 Å². The van der Waals surface area contributed by atoms with Gasteiger partial charge >= 0.3 is 0 Å². The minimum absolute atomic E-state index is 0. The van der Waals surface area contributed by atoms with Gasteiger partial charge in [0, 0.05) is 39.4 Å². The first-order chi connectivity index (χ1) is 11.2. The highest BCUT2D eigenvalue weighted by atomic mass is 35.5. The molecule has 8 heteroatoms. The molecule has 1 saturated heterocycles. The van der Waals surface area contributed by atoms with E-state index in [1.807, 2.05) is 32.3 Å². The number of hydrogen-bond acceptors (Lipinski definition) is 5. The highest BCUT2D eigenvalue weighted by Crippen LogP contribution is 2.16. The summed E-state index contributed by atoms with van der Waals surface area (Å²) in [6.45, 7) is 5.91. The molecule has 0 radical (unpaired) electrons. The summed E-state index contributed by atoms with van der Waals surface area (Å²) in [7, 11) is 1.82. The lowest BCUT2D eigenvalue weighted by Gasteiger charge is -2.29. The van der Waals surface area contributed by atoms with Crippen LogP contribution in [0.25, 0.3) is 0 Å². The first-order valence-electron chi connectivity index (χ1n) is 7.93. The van der Waals surface area contributed by atoms with Gasteiger partial charge in [0.1, 0.15) is 5.82 Å². The van der Waals surface area contributed by atoms with E-state index < -0.39 is 0 Å². The van der Waals surface area contributed by atoms with Gasteiger partial charge in [-0.1, -0.05) is 6.92 Å². The van der Waals surface area contributed by atoms with Crippen molar-refractivity contribution < 1.29 is 4.79 Å². The van der Waals surface area contributed by atoms with Gasteiger partial charge in [-0.3, -0.25) is 9.48 Å². The summed E-state index contributed by atoms with van der Waals surface area (Å²) in [4.78, 5) is 19.0. The second-order valence-corrected chi connectivity index (χ2v) is 5.61. The summed E-state index contributed by atoms with van der Waals surface area (Å²) in [5.74, 6) is 0.386. The number of piperazine rings is 1. The second kappa shape index (κ2) is 8.12. The molecule has 2 aromatic heterocycles. The lowest BCUT2D eigenvalue weighted by Crippen LogP contribution is -2.43. The lowest BCUT2D eigenvalue weighted by molar-refractivity contribution is 0.102. The lowest BCUT2D eigenvalue weighted by atomic mass is 10.2. The van der Waals surface area contributed by atoms with Crippen molar-refractivity contribution >= 4 is 29.8 Å². The Morgan fingerprint density at radius 3 is 2.71 bits per heavy atom. The first kappa shape index (κ1) is 18.2. The molecule has 2 aromatic rings. The molecule has 0 aromatic carbocycles. The van der Waals surface area contributed by atoms with Gasteiger partial charge < -0.3 is 15.5 Å². The smallest absolute Gasteiger partial charge is 0.260 e. The van der Waals surface area contributed by atoms with Crippen LogP contribution in [0.4, 0.5) is 11.5 Å². The predicted molar refractivity (Wildman–Crippen MR) is 97.1 cm³/mol. The normalized spacial score (nSPS) is 14.2. The summed E-state index contributed by atoms with van der Waals surface area (Å²) < 4.78 is 1.66. The molecule has 0 atom stereocenters. The van der Waals surface area contributed by atoms with Crippen molar-refractivity contribution in [1.29, 1.82) is 0 Å². The maximum absolute atomic E-state index is 12.4. The molecule has 7 nitrogen and oxygen atoms in total. The van der Waals surface area contributed by atoms with E-state index >= 15 is 0 Å². The molecular weight excluding hydrogens is 328 g/mol. The Kier molecular flexibility index (Phi) is 6.16. The number of pyridine rings is 1. The highest BCUT2D eigenvalue weighted by Gasteiger charge is 2.15. The van der Waals surface area contributed by atoms with E-state index in [-0.39, 0.29) is 18.3 Å². The number of rotatable bonds is 4. The minimum atomic E-state index is -0.169. The summed E-state index contributed by atoms with van der Waals surface area (Å²) in [5, 5.41) is 10.5. The Morgan fingerprint density at radius 1 is 1.33 bits per heavy atom. The quantitative estimate of drug-likeness (QED) is 0.873. The van der Waals surface area contributed by atoms with Crippen molar-refractivity contribution in [3.8, 4) is 0 Å². The molecule has 0 spiro atoms. The van der Waals surface area contributed by atoms with E-state index in [0.717, 1.165) is 44.0 Å². The average Bonchev–Trinajstić information content (AvgIpc) is 2.97. The van der Waals surface area contributed by atoms with E-state index in [9.17, 15) is 4.79 Å². The van der Waals surface area contributed by atoms with Crippen molar-refractivity contribution in [3.05, 3.63) is 35.8 Å². The predicted octanol–water partition coefficient (Wildman–Crippen LogP) is 1.46. The SMILES string of the molecule is CCc1nn(C)cc1C(=O)Nc1ccc(N2CCNCC2)cn1.Cl. The number of hydrogen-bond donors (Lipinski definition) is 2. The highest BCUT2D eigenvalue weighted by molar-refractivity contribution is 6.04. The van der Waals surface area contributed by atoms with Crippen molar-refractivity contribution in [2.75, 3.05) is 36.4 Å².